The number of allylic oxidation sites excluding steroid dienone is 5. The maximum absolute atomic E-state index is 9.52. The molecule has 0 spiro atoms. The smallest absolute Gasteiger partial charge is 0.423 e. The first kappa shape index (κ1) is 12.9. The van der Waals surface area contributed by atoms with Gasteiger partial charge in [0, 0.05) is 0 Å². The summed E-state index contributed by atoms with van der Waals surface area (Å²) in [7, 11) is -1.46. The third kappa shape index (κ3) is 1.68. The summed E-state index contributed by atoms with van der Waals surface area (Å²) in [4.78, 5) is 0. The minimum atomic E-state index is -1.46. The van der Waals surface area contributed by atoms with E-state index in [-0.39, 0.29) is 0 Å². The topological polar surface area (TPSA) is 40.5 Å². The van der Waals surface area contributed by atoms with Crippen molar-refractivity contribution in [2.45, 2.75) is 6.92 Å². The quantitative estimate of drug-likeness (QED) is 0.834. The summed E-state index contributed by atoms with van der Waals surface area (Å²) in [5.41, 5.74) is 4.98. The van der Waals surface area contributed by atoms with Crippen LogP contribution in [0.2, 0.25) is 0 Å². The van der Waals surface area contributed by atoms with Crippen LogP contribution in [0.1, 0.15) is 18.1 Å². The summed E-state index contributed by atoms with van der Waals surface area (Å²) in [6.07, 6.45) is 5.94. The van der Waals surface area contributed by atoms with Gasteiger partial charge in [-0.2, -0.15) is 0 Å². The van der Waals surface area contributed by atoms with Gasteiger partial charge >= 0.3 is 7.12 Å². The van der Waals surface area contributed by atoms with Crippen LogP contribution in [0, 0.1) is 0 Å². The standard InChI is InChI=1S/C17H15BO2/c1-3-6-12-11(4-2)13-7-5-8-15-16(18(19)20)10-9-14(12)17(13)15/h3-10,19-20H,2H2,1H3/b6-3-. The van der Waals surface area contributed by atoms with Crippen molar-refractivity contribution in [1.82, 2.24) is 0 Å². The molecular weight excluding hydrogens is 247 g/mol. The minimum Gasteiger partial charge on any atom is -0.423 e. The third-order valence-corrected chi connectivity index (χ3v) is 3.76. The van der Waals surface area contributed by atoms with Gasteiger partial charge in [0.25, 0.3) is 0 Å². The molecule has 0 radical (unpaired) electrons. The molecule has 20 heavy (non-hydrogen) atoms. The van der Waals surface area contributed by atoms with E-state index < -0.39 is 7.12 Å². The number of rotatable bonds is 3. The molecule has 2 aromatic rings. The van der Waals surface area contributed by atoms with Crippen LogP contribution >= 0.6 is 0 Å². The predicted octanol–water partition coefficient (Wildman–Crippen LogP) is 2.51. The van der Waals surface area contributed by atoms with E-state index in [2.05, 4.69) is 12.7 Å². The Hall–Kier alpha value is -2.10. The fourth-order valence-electron chi connectivity index (χ4n) is 2.96. The lowest BCUT2D eigenvalue weighted by Gasteiger charge is -2.08. The van der Waals surface area contributed by atoms with Gasteiger partial charge in [0.05, 0.1) is 0 Å². The number of hydrogen-bond donors (Lipinski definition) is 2. The van der Waals surface area contributed by atoms with Crippen molar-refractivity contribution in [3.05, 3.63) is 66.3 Å². The highest BCUT2D eigenvalue weighted by Crippen LogP contribution is 2.42. The second kappa shape index (κ2) is 4.78. The Kier molecular flexibility index (Phi) is 3.09. The average molecular weight is 262 g/mol. The molecule has 2 aromatic carbocycles. The van der Waals surface area contributed by atoms with Crippen molar-refractivity contribution >= 4 is 34.5 Å². The van der Waals surface area contributed by atoms with E-state index in [0.29, 0.717) is 5.46 Å². The van der Waals surface area contributed by atoms with Gasteiger partial charge in [-0.3, -0.25) is 0 Å². The molecule has 98 valence electrons. The molecule has 0 bridgehead atoms. The van der Waals surface area contributed by atoms with Gasteiger partial charge in [0.15, 0.2) is 0 Å². The van der Waals surface area contributed by atoms with Gasteiger partial charge in [-0.1, -0.05) is 55.1 Å². The van der Waals surface area contributed by atoms with Crippen molar-refractivity contribution in [3.8, 4) is 0 Å². The Balaban J connectivity index is 2.43. The summed E-state index contributed by atoms with van der Waals surface area (Å²) < 4.78 is 0. The van der Waals surface area contributed by atoms with Gasteiger partial charge in [-0.15, -0.1) is 0 Å². The van der Waals surface area contributed by atoms with Crippen molar-refractivity contribution in [2.24, 2.45) is 0 Å². The maximum atomic E-state index is 9.52. The second-order valence-electron chi connectivity index (χ2n) is 4.84. The van der Waals surface area contributed by atoms with Gasteiger partial charge < -0.3 is 10.0 Å². The van der Waals surface area contributed by atoms with E-state index in [1.807, 2.05) is 43.3 Å². The highest BCUT2D eigenvalue weighted by Gasteiger charge is 2.24. The molecule has 3 rings (SSSR count). The lowest BCUT2D eigenvalue weighted by Crippen LogP contribution is -2.30. The Morgan fingerprint density at radius 3 is 2.45 bits per heavy atom. The van der Waals surface area contributed by atoms with Gasteiger partial charge in [-0.25, -0.2) is 0 Å². The summed E-state index contributed by atoms with van der Waals surface area (Å²) in [6.45, 7) is 5.90. The molecule has 0 aromatic heterocycles. The molecule has 0 heterocycles. The van der Waals surface area contributed by atoms with Crippen LogP contribution in [0.4, 0.5) is 0 Å². The normalized spacial score (nSPS) is 13.6. The van der Waals surface area contributed by atoms with E-state index in [9.17, 15) is 10.0 Å². The van der Waals surface area contributed by atoms with E-state index in [1.54, 1.807) is 6.07 Å². The van der Waals surface area contributed by atoms with Crippen molar-refractivity contribution < 1.29 is 10.0 Å². The lowest BCUT2D eigenvalue weighted by molar-refractivity contribution is 0.426. The molecular formula is C17H15BO2. The van der Waals surface area contributed by atoms with Crippen LogP contribution in [-0.2, 0) is 0 Å². The summed E-state index contributed by atoms with van der Waals surface area (Å²) in [6, 6.07) is 9.65. The first-order valence-electron chi connectivity index (χ1n) is 6.61. The van der Waals surface area contributed by atoms with E-state index in [0.717, 1.165) is 33.0 Å². The molecule has 0 saturated heterocycles. The largest absolute Gasteiger partial charge is 0.489 e. The fourth-order valence-corrected chi connectivity index (χ4v) is 2.96. The molecule has 2 nitrogen and oxygen atoms in total. The molecule has 0 fully saturated rings. The zero-order valence-electron chi connectivity index (χ0n) is 11.3. The van der Waals surface area contributed by atoms with Crippen molar-refractivity contribution in [2.75, 3.05) is 0 Å². The first-order chi connectivity index (χ1) is 9.69. The number of hydrogen-bond acceptors (Lipinski definition) is 2. The second-order valence-corrected chi connectivity index (χ2v) is 4.84. The lowest BCUT2D eigenvalue weighted by atomic mass is 9.76. The average Bonchev–Trinajstić information content (AvgIpc) is 2.75. The monoisotopic (exact) mass is 262 g/mol. The SMILES string of the molecule is C=CC1=C(/C=C\C)c2ccc(B(O)O)c3cccc1c23. The molecule has 3 heteroatoms. The Morgan fingerprint density at radius 2 is 1.80 bits per heavy atom. The van der Waals surface area contributed by atoms with Crippen molar-refractivity contribution in [1.29, 1.82) is 0 Å². The Bertz CT molecular complexity index is 770. The molecule has 0 aliphatic heterocycles. The molecule has 1 aliphatic carbocycles. The zero-order chi connectivity index (χ0) is 14.3. The van der Waals surface area contributed by atoms with E-state index in [1.165, 1.54) is 0 Å². The van der Waals surface area contributed by atoms with Crippen LogP contribution in [-0.4, -0.2) is 17.2 Å². The van der Waals surface area contributed by atoms with Crippen LogP contribution in [0.25, 0.3) is 21.9 Å². The van der Waals surface area contributed by atoms with E-state index in [4.69, 9.17) is 0 Å². The molecule has 2 N–H and O–H groups in total. The fraction of sp³-hybridized carbons (Fsp3) is 0.0588. The van der Waals surface area contributed by atoms with Crippen molar-refractivity contribution in [3.63, 3.8) is 0 Å². The highest BCUT2D eigenvalue weighted by molar-refractivity contribution is 6.62. The van der Waals surface area contributed by atoms with Crippen LogP contribution < -0.4 is 5.46 Å². The molecule has 0 saturated carbocycles. The van der Waals surface area contributed by atoms with Crippen LogP contribution in [0.3, 0.4) is 0 Å². The minimum absolute atomic E-state index is 0.538. The maximum Gasteiger partial charge on any atom is 0.489 e. The van der Waals surface area contributed by atoms with Gasteiger partial charge in [0.2, 0.25) is 0 Å². The number of benzene rings is 2. The van der Waals surface area contributed by atoms with Gasteiger partial charge in [-0.05, 0) is 45.4 Å². The zero-order valence-corrected chi connectivity index (χ0v) is 11.3. The Labute approximate surface area is 118 Å². The molecule has 0 atom stereocenters. The third-order valence-electron chi connectivity index (χ3n) is 3.76. The summed E-state index contributed by atoms with van der Waals surface area (Å²) in [5.74, 6) is 0. The molecule has 1 aliphatic rings. The summed E-state index contributed by atoms with van der Waals surface area (Å²) in [5, 5.41) is 21.0. The first-order valence-corrected chi connectivity index (χ1v) is 6.61. The summed E-state index contributed by atoms with van der Waals surface area (Å²) >= 11 is 0. The van der Waals surface area contributed by atoms with Gasteiger partial charge in [0.1, 0.15) is 0 Å². The van der Waals surface area contributed by atoms with Crippen LogP contribution in [0.15, 0.2) is 55.1 Å². The molecule has 0 unspecified atom stereocenters. The molecule has 0 amide bonds. The Morgan fingerprint density at radius 1 is 1.05 bits per heavy atom. The highest BCUT2D eigenvalue weighted by atomic mass is 16.4. The van der Waals surface area contributed by atoms with Crippen LogP contribution in [0.5, 0.6) is 0 Å². The predicted molar refractivity (Wildman–Crippen MR) is 85.6 cm³/mol. The van der Waals surface area contributed by atoms with E-state index >= 15 is 0 Å².